The Balaban J connectivity index is 1.91. The summed E-state index contributed by atoms with van der Waals surface area (Å²) in [6, 6.07) is 8.18. The molecule has 2 heterocycles. The number of halogens is 1. The van der Waals surface area contributed by atoms with Crippen molar-refractivity contribution in [2.45, 2.75) is 30.6 Å². The number of piperidine rings is 1. The van der Waals surface area contributed by atoms with Gasteiger partial charge in [-0.2, -0.15) is 0 Å². The lowest BCUT2D eigenvalue weighted by Crippen LogP contribution is -2.43. The van der Waals surface area contributed by atoms with Crippen molar-refractivity contribution in [1.82, 2.24) is 5.32 Å². The molecule has 1 aromatic carbocycles. The van der Waals surface area contributed by atoms with Gasteiger partial charge in [-0.05, 0) is 36.2 Å². The highest BCUT2D eigenvalue weighted by molar-refractivity contribution is 8.15. The molecule has 0 amide bonds. The summed E-state index contributed by atoms with van der Waals surface area (Å²) in [6.45, 7) is 3.14. The molecule has 0 saturated carbocycles. The fourth-order valence-corrected chi connectivity index (χ4v) is 4.34. The molecule has 3 unspecified atom stereocenters. The number of fused-ring (bicyclic) bond motifs is 1. The summed E-state index contributed by atoms with van der Waals surface area (Å²) in [5.41, 5.74) is 2.39. The van der Waals surface area contributed by atoms with Crippen molar-refractivity contribution >= 4 is 28.5 Å². The lowest BCUT2D eigenvalue weighted by Gasteiger charge is -2.34. The summed E-state index contributed by atoms with van der Waals surface area (Å²) < 4.78 is 0. The van der Waals surface area contributed by atoms with Gasteiger partial charge in [-0.3, -0.25) is 4.79 Å². The Hall–Kier alpha value is -0.770. The maximum Gasteiger partial charge on any atom is 0.212 e. The number of nitrogens with one attached hydrogen (secondary N) is 1. The Morgan fingerprint density at radius 1 is 1.42 bits per heavy atom. The Morgan fingerprint density at radius 3 is 3.00 bits per heavy atom. The average Bonchev–Trinajstić information content (AvgIpc) is 2.78. The highest BCUT2D eigenvalue weighted by Gasteiger charge is 2.37. The molecule has 2 nitrogen and oxygen atoms in total. The molecule has 100 valence electrons. The predicted molar refractivity (Wildman–Crippen MR) is 80.7 cm³/mol. The first kappa shape index (κ1) is 13.2. The van der Waals surface area contributed by atoms with Gasteiger partial charge in [0.2, 0.25) is 5.12 Å². The second-order valence-electron chi connectivity index (χ2n) is 5.10. The topological polar surface area (TPSA) is 29.1 Å². The van der Waals surface area contributed by atoms with Crippen LogP contribution in [0.3, 0.4) is 0 Å². The van der Waals surface area contributed by atoms with Crippen molar-refractivity contribution in [3.05, 3.63) is 46.5 Å². The van der Waals surface area contributed by atoms with E-state index in [0.29, 0.717) is 5.25 Å². The summed E-state index contributed by atoms with van der Waals surface area (Å²) in [6.07, 6.45) is 2.85. The molecule has 4 heteroatoms. The van der Waals surface area contributed by atoms with Crippen LogP contribution in [0.4, 0.5) is 0 Å². The molecule has 0 bridgehead atoms. The minimum atomic E-state index is 0.194. The Labute approximate surface area is 122 Å². The Kier molecular flexibility index (Phi) is 3.70. The number of hydrogen-bond donors (Lipinski definition) is 1. The van der Waals surface area contributed by atoms with Gasteiger partial charge in [-0.15, -0.1) is 0 Å². The molecule has 1 aromatic rings. The van der Waals surface area contributed by atoms with Gasteiger partial charge in [-0.1, -0.05) is 48.5 Å². The molecule has 3 rings (SSSR count). The van der Waals surface area contributed by atoms with E-state index in [2.05, 4.69) is 18.3 Å². The largest absolute Gasteiger partial charge is 0.310 e. The highest BCUT2D eigenvalue weighted by Crippen LogP contribution is 2.40. The number of benzene rings is 1. The van der Waals surface area contributed by atoms with Gasteiger partial charge in [0, 0.05) is 22.2 Å². The smallest absolute Gasteiger partial charge is 0.212 e. The normalized spacial score (nSPS) is 27.9. The zero-order chi connectivity index (χ0) is 13.4. The van der Waals surface area contributed by atoms with Crippen molar-refractivity contribution in [3.63, 3.8) is 0 Å². The van der Waals surface area contributed by atoms with E-state index in [0.717, 1.165) is 23.6 Å². The SMILES string of the molecule is CC(c1ccccc1Cl)C1NCCC2SC(=O)C=C21. The zero-order valence-corrected chi connectivity index (χ0v) is 12.3. The minimum absolute atomic E-state index is 0.194. The van der Waals surface area contributed by atoms with Gasteiger partial charge in [0.25, 0.3) is 0 Å². The number of rotatable bonds is 2. The van der Waals surface area contributed by atoms with Gasteiger partial charge in [0.1, 0.15) is 0 Å². The molecule has 1 saturated heterocycles. The van der Waals surface area contributed by atoms with E-state index in [1.54, 1.807) is 0 Å². The van der Waals surface area contributed by atoms with Crippen LogP contribution >= 0.6 is 23.4 Å². The van der Waals surface area contributed by atoms with Gasteiger partial charge < -0.3 is 5.32 Å². The van der Waals surface area contributed by atoms with Gasteiger partial charge in [0.05, 0.1) is 0 Å². The summed E-state index contributed by atoms with van der Waals surface area (Å²) in [4.78, 5) is 11.6. The van der Waals surface area contributed by atoms with Crippen LogP contribution in [0.15, 0.2) is 35.9 Å². The van der Waals surface area contributed by atoms with Crippen LogP contribution in [0, 0.1) is 0 Å². The van der Waals surface area contributed by atoms with Crippen molar-refractivity contribution in [1.29, 1.82) is 0 Å². The highest BCUT2D eigenvalue weighted by atomic mass is 35.5. The molecule has 0 aliphatic carbocycles. The second-order valence-corrected chi connectivity index (χ2v) is 6.71. The predicted octanol–water partition coefficient (Wildman–Crippen LogP) is 3.37. The van der Waals surface area contributed by atoms with E-state index in [-0.39, 0.29) is 17.1 Å². The second kappa shape index (κ2) is 5.31. The molecular weight excluding hydrogens is 278 g/mol. The summed E-state index contributed by atoms with van der Waals surface area (Å²) in [7, 11) is 0. The average molecular weight is 294 g/mol. The molecule has 1 fully saturated rings. The van der Waals surface area contributed by atoms with Crippen molar-refractivity contribution in [3.8, 4) is 0 Å². The van der Waals surface area contributed by atoms with E-state index in [1.807, 2.05) is 24.3 Å². The van der Waals surface area contributed by atoms with Crippen LogP contribution in [0.5, 0.6) is 0 Å². The molecule has 2 aliphatic rings. The van der Waals surface area contributed by atoms with E-state index < -0.39 is 0 Å². The lowest BCUT2D eigenvalue weighted by molar-refractivity contribution is -0.106. The van der Waals surface area contributed by atoms with Gasteiger partial charge >= 0.3 is 0 Å². The molecular formula is C15H16ClNOS. The molecule has 0 radical (unpaired) electrons. The summed E-state index contributed by atoms with van der Waals surface area (Å²) in [5, 5.41) is 4.91. The summed E-state index contributed by atoms with van der Waals surface area (Å²) in [5.74, 6) is 0.272. The molecule has 2 aliphatic heterocycles. The standard InChI is InChI=1S/C15H16ClNOS/c1-9(10-4-2-3-5-12(10)16)15-11-8-14(18)19-13(11)6-7-17-15/h2-5,8-9,13,15,17H,6-7H2,1H3. The molecule has 3 atom stereocenters. The van der Waals surface area contributed by atoms with Crippen LogP contribution in [-0.2, 0) is 4.79 Å². The third-order valence-electron chi connectivity index (χ3n) is 3.94. The van der Waals surface area contributed by atoms with E-state index in [1.165, 1.54) is 17.3 Å². The van der Waals surface area contributed by atoms with Crippen molar-refractivity contribution in [2.24, 2.45) is 0 Å². The number of carbonyl (C=O) groups is 1. The van der Waals surface area contributed by atoms with E-state index in [9.17, 15) is 4.79 Å². The maximum absolute atomic E-state index is 11.6. The first-order chi connectivity index (χ1) is 9.16. The maximum atomic E-state index is 11.6. The van der Waals surface area contributed by atoms with E-state index >= 15 is 0 Å². The van der Waals surface area contributed by atoms with Crippen LogP contribution in [0.1, 0.15) is 24.8 Å². The van der Waals surface area contributed by atoms with Crippen molar-refractivity contribution < 1.29 is 4.79 Å². The Bertz CT molecular complexity index is 543. The zero-order valence-electron chi connectivity index (χ0n) is 10.7. The number of carbonyl (C=O) groups excluding carboxylic acids is 1. The molecule has 1 N–H and O–H groups in total. The van der Waals surface area contributed by atoms with Crippen LogP contribution < -0.4 is 5.32 Å². The molecule has 0 aromatic heterocycles. The fraction of sp³-hybridized carbons (Fsp3) is 0.400. The van der Waals surface area contributed by atoms with Crippen molar-refractivity contribution in [2.75, 3.05) is 6.54 Å². The van der Waals surface area contributed by atoms with Crippen LogP contribution in [0.25, 0.3) is 0 Å². The van der Waals surface area contributed by atoms with Crippen LogP contribution in [0.2, 0.25) is 5.02 Å². The fourth-order valence-electron chi connectivity index (χ4n) is 2.96. The molecule has 19 heavy (non-hydrogen) atoms. The monoisotopic (exact) mass is 293 g/mol. The number of hydrogen-bond acceptors (Lipinski definition) is 3. The van der Waals surface area contributed by atoms with Gasteiger partial charge in [-0.25, -0.2) is 0 Å². The first-order valence-electron chi connectivity index (χ1n) is 6.56. The lowest BCUT2D eigenvalue weighted by atomic mass is 9.84. The Morgan fingerprint density at radius 2 is 2.21 bits per heavy atom. The quantitative estimate of drug-likeness (QED) is 0.906. The molecule has 0 spiro atoms. The first-order valence-corrected chi connectivity index (χ1v) is 7.82. The number of thioether (sulfide) groups is 1. The van der Waals surface area contributed by atoms with E-state index in [4.69, 9.17) is 11.6 Å². The van der Waals surface area contributed by atoms with Gasteiger partial charge in [0.15, 0.2) is 0 Å². The third kappa shape index (κ3) is 2.47. The third-order valence-corrected chi connectivity index (χ3v) is 5.43. The minimum Gasteiger partial charge on any atom is -0.310 e. The summed E-state index contributed by atoms with van der Waals surface area (Å²) >= 11 is 7.76. The van der Waals surface area contributed by atoms with Crippen LogP contribution in [-0.4, -0.2) is 23.0 Å².